The average molecular weight is 356 g/mol. The van der Waals surface area contributed by atoms with Gasteiger partial charge in [0.25, 0.3) is 5.91 Å². The highest BCUT2D eigenvalue weighted by Gasteiger charge is 2.41. The van der Waals surface area contributed by atoms with Crippen LogP contribution in [0, 0.1) is 13.8 Å². The van der Waals surface area contributed by atoms with Crippen LogP contribution in [0.4, 0.5) is 0 Å². The van der Waals surface area contributed by atoms with Crippen LogP contribution in [0.15, 0.2) is 10.5 Å². The molecule has 0 radical (unpaired) electrons. The molecular weight excluding hydrogens is 330 g/mol. The Hall–Kier alpha value is -1.53. The van der Waals surface area contributed by atoms with E-state index in [1.807, 2.05) is 11.8 Å². The summed E-state index contributed by atoms with van der Waals surface area (Å²) in [6, 6.07) is 1.78. The van der Waals surface area contributed by atoms with Gasteiger partial charge >= 0.3 is 0 Å². The van der Waals surface area contributed by atoms with Gasteiger partial charge in [-0.3, -0.25) is 9.59 Å². The minimum atomic E-state index is -0.676. The van der Waals surface area contributed by atoms with E-state index >= 15 is 0 Å². The zero-order valence-electron chi connectivity index (χ0n) is 14.3. The number of nitrogens with zero attached hydrogens (tertiary/aromatic N) is 2. The lowest BCUT2D eigenvalue weighted by atomic mass is 9.97. The fourth-order valence-electron chi connectivity index (χ4n) is 3.66. The molecule has 2 amide bonds. The van der Waals surface area contributed by atoms with E-state index in [1.165, 1.54) is 0 Å². The van der Waals surface area contributed by atoms with E-state index in [2.05, 4.69) is 0 Å². The number of aryl methyl sites for hydroxylation is 2. The summed E-state index contributed by atoms with van der Waals surface area (Å²) in [4.78, 5) is 28.8. The van der Waals surface area contributed by atoms with Crippen LogP contribution in [0.3, 0.4) is 0 Å². The Balaban J connectivity index is 0.00000208. The molecule has 0 spiro atoms. The molecule has 3 rings (SSSR count). The van der Waals surface area contributed by atoms with Crippen LogP contribution in [0.2, 0.25) is 0 Å². The first-order valence-corrected chi connectivity index (χ1v) is 8.35. The molecule has 2 fully saturated rings. The number of rotatable bonds is 2. The van der Waals surface area contributed by atoms with Gasteiger partial charge in [0, 0.05) is 26.2 Å². The first kappa shape index (κ1) is 18.8. The molecule has 7 heteroatoms. The Morgan fingerprint density at radius 3 is 2.12 bits per heavy atom. The maximum Gasteiger partial charge on any atom is 0.257 e. The van der Waals surface area contributed by atoms with Crippen LogP contribution in [-0.2, 0) is 4.79 Å². The Bertz CT molecular complexity index is 615. The van der Waals surface area contributed by atoms with Gasteiger partial charge in [-0.05, 0) is 32.8 Å². The third kappa shape index (κ3) is 3.44. The van der Waals surface area contributed by atoms with Crippen LogP contribution in [-0.4, -0.2) is 53.3 Å². The average Bonchev–Trinajstić information content (AvgIpc) is 3.12. The SMILES string of the molecule is Cc1cc(C(=O)N2CCN(C(=O)C3(N)CCCC3)CC2)c(C)o1.Cl. The molecular formula is C17H26ClN3O3. The molecule has 6 nitrogen and oxygen atoms in total. The lowest BCUT2D eigenvalue weighted by Gasteiger charge is -2.38. The van der Waals surface area contributed by atoms with Gasteiger partial charge in [0.2, 0.25) is 5.91 Å². The van der Waals surface area contributed by atoms with Gasteiger partial charge < -0.3 is 20.0 Å². The van der Waals surface area contributed by atoms with Gasteiger partial charge in [-0.15, -0.1) is 12.4 Å². The summed E-state index contributed by atoms with van der Waals surface area (Å²) >= 11 is 0. The van der Waals surface area contributed by atoms with E-state index in [0.29, 0.717) is 37.5 Å². The summed E-state index contributed by atoms with van der Waals surface area (Å²) < 4.78 is 5.44. The van der Waals surface area contributed by atoms with Crippen LogP contribution >= 0.6 is 12.4 Å². The fourth-order valence-corrected chi connectivity index (χ4v) is 3.66. The molecule has 2 N–H and O–H groups in total. The highest BCUT2D eigenvalue weighted by Crippen LogP contribution is 2.29. The van der Waals surface area contributed by atoms with Gasteiger partial charge in [0.15, 0.2) is 0 Å². The van der Waals surface area contributed by atoms with E-state index in [9.17, 15) is 9.59 Å². The predicted molar refractivity (Wildman–Crippen MR) is 93.3 cm³/mol. The van der Waals surface area contributed by atoms with Crippen molar-refractivity contribution in [2.75, 3.05) is 26.2 Å². The third-order valence-electron chi connectivity index (χ3n) is 5.05. The molecule has 1 aromatic rings. The second-order valence-electron chi connectivity index (χ2n) is 6.77. The second-order valence-corrected chi connectivity index (χ2v) is 6.77. The molecule has 1 saturated heterocycles. The molecule has 0 bridgehead atoms. The van der Waals surface area contributed by atoms with Crippen molar-refractivity contribution in [3.8, 4) is 0 Å². The number of carbonyl (C=O) groups excluding carboxylic acids is 2. The first-order valence-electron chi connectivity index (χ1n) is 8.35. The quantitative estimate of drug-likeness (QED) is 0.878. The minimum Gasteiger partial charge on any atom is -0.466 e. The summed E-state index contributed by atoms with van der Waals surface area (Å²) in [6.07, 6.45) is 3.61. The van der Waals surface area contributed by atoms with Gasteiger partial charge in [0.1, 0.15) is 11.5 Å². The van der Waals surface area contributed by atoms with E-state index in [0.717, 1.165) is 31.4 Å². The largest absolute Gasteiger partial charge is 0.466 e. The van der Waals surface area contributed by atoms with Crippen molar-refractivity contribution in [1.29, 1.82) is 0 Å². The van der Waals surface area contributed by atoms with Crippen molar-refractivity contribution in [2.24, 2.45) is 5.73 Å². The summed E-state index contributed by atoms with van der Waals surface area (Å²) in [5, 5.41) is 0. The molecule has 2 aliphatic rings. The third-order valence-corrected chi connectivity index (χ3v) is 5.05. The summed E-state index contributed by atoms with van der Waals surface area (Å²) in [7, 11) is 0. The Kier molecular flexibility index (Phi) is 5.60. The topological polar surface area (TPSA) is 79.8 Å². The van der Waals surface area contributed by atoms with Gasteiger partial charge in [0.05, 0.1) is 11.1 Å². The molecule has 1 aliphatic carbocycles. The number of carbonyl (C=O) groups is 2. The molecule has 0 unspecified atom stereocenters. The Morgan fingerprint density at radius 2 is 1.62 bits per heavy atom. The summed E-state index contributed by atoms with van der Waals surface area (Å²) in [6.45, 7) is 5.84. The number of halogens is 1. The van der Waals surface area contributed by atoms with E-state index < -0.39 is 5.54 Å². The normalized spacial score (nSPS) is 20.0. The lowest BCUT2D eigenvalue weighted by Crippen LogP contribution is -2.59. The number of hydrogen-bond acceptors (Lipinski definition) is 4. The van der Waals surface area contributed by atoms with E-state index in [-0.39, 0.29) is 24.2 Å². The molecule has 1 aliphatic heterocycles. The van der Waals surface area contributed by atoms with Crippen molar-refractivity contribution in [2.45, 2.75) is 45.1 Å². The molecule has 24 heavy (non-hydrogen) atoms. The number of amides is 2. The standard InChI is InChI=1S/C17H25N3O3.ClH/c1-12-11-14(13(2)23-12)15(21)19-7-9-20(10-8-19)16(22)17(18)5-3-4-6-17;/h11H,3-10,18H2,1-2H3;1H. The number of nitrogens with two attached hydrogens (primary N) is 1. The highest BCUT2D eigenvalue weighted by atomic mass is 35.5. The van der Waals surface area contributed by atoms with Crippen molar-refractivity contribution < 1.29 is 14.0 Å². The molecule has 134 valence electrons. The van der Waals surface area contributed by atoms with Crippen molar-refractivity contribution in [3.63, 3.8) is 0 Å². The van der Waals surface area contributed by atoms with Crippen LogP contribution in [0.25, 0.3) is 0 Å². The number of piperazine rings is 1. The Labute approximate surface area is 148 Å². The maximum atomic E-state index is 12.6. The van der Waals surface area contributed by atoms with Gasteiger partial charge in [-0.25, -0.2) is 0 Å². The van der Waals surface area contributed by atoms with Gasteiger partial charge in [-0.1, -0.05) is 12.8 Å². The zero-order chi connectivity index (χ0) is 16.6. The Morgan fingerprint density at radius 1 is 1.08 bits per heavy atom. The molecule has 1 saturated carbocycles. The fraction of sp³-hybridized carbons (Fsp3) is 0.647. The number of furan rings is 1. The molecule has 2 heterocycles. The minimum absolute atomic E-state index is 0. The zero-order valence-corrected chi connectivity index (χ0v) is 15.2. The molecule has 1 aromatic heterocycles. The summed E-state index contributed by atoms with van der Waals surface area (Å²) in [5.41, 5.74) is 6.20. The maximum absolute atomic E-state index is 12.6. The second kappa shape index (κ2) is 7.15. The van der Waals surface area contributed by atoms with Crippen molar-refractivity contribution in [3.05, 3.63) is 23.2 Å². The number of hydrogen-bond donors (Lipinski definition) is 1. The first-order chi connectivity index (χ1) is 10.9. The van der Waals surface area contributed by atoms with Crippen LogP contribution < -0.4 is 5.73 Å². The molecule has 0 atom stereocenters. The van der Waals surface area contributed by atoms with Crippen LogP contribution in [0.5, 0.6) is 0 Å². The van der Waals surface area contributed by atoms with E-state index in [1.54, 1.807) is 17.9 Å². The molecule has 0 aromatic carbocycles. The lowest BCUT2D eigenvalue weighted by molar-refractivity contribution is -0.138. The summed E-state index contributed by atoms with van der Waals surface area (Å²) in [5.74, 6) is 1.43. The van der Waals surface area contributed by atoms with Crippen molar-refractivity contribution >= 4 is 24.2 Å². The monoisotopic (exact) mass is 355 g/mol. The van der Waals surface area contributed by atoms with E-state index in [4.69, 9.17) is 10.2 Å². The highest BCUT2D eigenvalue weighted by molar-refractivity contribution is 5.95. The predicted octanol–water partition coefficient (Wildman–Crippen LogP) is 1.87. The smallest absolute Gasteiger partial charge is 0.257 e. The van der Waals surface area contributed by atoms with Crippen LogP contribution in [0.1, 0.15) is 47.6 Å². The van der Waals surface area contributed by atoms with Gasteiger partial charge in [-0.2, -0.15) is 0 Å². The van der Waals surface area contributed by atoms with Crippen molar-refractivity contribution in [1.82, 2.24) is 9.80 Å².